The Morgan fingerprint density at radius 1 is 0.244 bits per heavy atom. The molecule has 0 saturated carbocycles. The lowest BCUT2D eigenvalue weighted by Gasteiger charge is -2.18. The Morgan fingerprint density at radius 3 is 1.26 bits per heavy atom. The molecule has 16 aromatic rings. The van der Waals surface area contributed by atoms with Crippen molar-refractivity contribution in [1.29, 1.82) is 0 Å². The SMILES string of the molecule is c1ccc(-c2nc(-c3ccc(-c4cc5ccc(-c6c7ccccc7c(-c7ccccc7)c7ccccc67)cc5c5ccccc45)cc3)nc(-n3c4ccccc4c4ccc5c6ccccc6n(-c6ccccc6)c5c43)n2)cc1. The summed E-state index contributed by atoms with van der Waals surface area (Å²) < 4.78 is 4.65. The quantitative estimate of drug-likeness (QED) is 0.118. The first kappa shape index (κ1) is 43.9. The molecule has 78 heavy (non-hydrogen) atoms. The summed E-state index contributed by atoms with van der Waals surface area (Å²) in [7, 11) is 0. The molecule has 5 nitrogen and oxygen atoms in total. The van der Waals surface area contributed by atoms with Crippen molar-refractivity contribution < 1.29 is 0 Å². The van der Waals surface area contributed by atoms with Gasteiger partial charge in [0.15, 0.2) is 11.6 Å². The fourth-order valence-electron chi connectivity index (χ4n) is 12.5. The Kier molecular flexibility index (Phi) is 9.87. The minimum atomic E-state index is 0.555. The highest BCUT2D eigenvalue weighted by molar-refractivity contribution is 6.25. The maximum absolute atomic E-state index is 5.45. The van der Waals surface area contributed by atoms with Crippen LogP contribution < -0.4 is 0 Å². The topological polar surface area (TPSA) is 48.5 Å². The molecule has 0 N–H and O–H groups in total. The standard InChI is InChI=1S/C73H45N5/c1-4-20-47(21-5-1)67-57-30-12-14-32-59(57)68(60-33-15-13-31-58(60)67)51-41-40-50-44-63(53-26-10-11-27-54(53)64(50)45-51)46-36-38-49(39-37-46)72-74-71(48-22-6-2-7-23-48)75-73(76-72)78-66-35-19-17-29-56(66)62-43-42-61-55-28-16-18-34-65(55)77(69(61)70(62)78)52-24-8-3-9-25-52/h1-45H. The van der Waals surface area contributed by atoms with Gasteiger partial charge in [-0.05, 0) is 113 Å². The van der Waals surface area contributed by atoms with Crippen molar-refractivity contribution in [3.8, 4) is 67.8 Å². The van der Waals surface area contributed by atoms with Gasteiger partial charge in [0, 0.05) is 38.4 Å². The number of hydrogen-bond acceptors (Lipinski definition) is 3. The Balaban J connectivity index is 0.857. The third-order valence-corrected chi connectivity index (χ3v) is 15.9. The molecule has 0 fully saturated rings. The van der Waals surface area contributed by atoms with Crippen LogP contribution in [0.3, 0.4) is 0 Å². The van der Waals surface area contributed by atoms with Gasteiger partial charge in [-0.3, -0.25) is 4.57 Å². The van der Waals surface area contributed by atoms with Crippen LogP contribution in [-0.4, -0.2) is 24.1 Å². The first-order chi connectivity index (χ1) is 38.7. The number of fused-ring (bicyclic) bond motifs is 12. The molecule has 362 valence electrons. The fraction of sp³-hybridized carbons (Fsp3) is 0. The van der Waals surface area contributed by atoms with Gasteiger partial charge < -0.3 is 4.57 Å². The monoisotopic (exact) mass is 991 g/mol. The molecule has 16 rings (SSSR count). The zero-order valence-corrected chi connectivity index (χ0v) is 42.2. The van der Waals surface area contributed by atoms with Crippen LogP contribution in [0.15, 0.2) is 273 Å². The van der Waals surface area contributed by atoms with E-state index in [2.05, 4.69) is 264 Å². The van der Waals surface area contributed by atoms with Gasteiger partial charge in [-0.25, -0.2) is 4.98 Å². The number of para-hydroxylation sites is 3. The smallest absolute Gasteiger partial charge is 0.238 e. The largest absolute Gasteiger partial charge is 0.307 e. The molecule has 0 spiro atoms. The first-order valence-corrected chi connectivity index (χ1v) is 26.6. The number of nitrogens with zero attached hydrogens (tertiary/aromatic N) is 5. The van der Waals surface area contributed by atoms with Crippen molar-refractivity contribution in [3.63, 3.8) is 0 Å². The lowest BCUT2D eigenvalue weighted by Crippen LogP contribution is -2.07. The van der Waals surface area contributed by atoms with Crippen LogP contribution in [-0.2, 0) is 0 Å². The molecule has 13 aromatic carbocycles. The number of rotatable bonds is 7. The lowest BCUT2D eigenvalue weighted by atomic mass is 9.85. The Morgan fingerprint density at radius 2 is 0.667 bits per heavy atom. The summed E-state index contributed by atoms with van der Waals surface area (Å²) in [5.74, 6) is 1.76. The van der Waals surface area contributed by atoms with Crippen molar-refractivity contribution in [1.82, 2.24) is 24.1 Å². The summed E-state index contributed by atoms with van der Waals surface area (Å²) in [6.45, 7) is 0. The van der Waals surface area contributed by atoms with E-state index >= 15 is 0 Å². The first-order valence-electron chi connectivity index (χ1n) is 26.6. The third kappa shape index (κ3) is 6.78. The van der Waals surface area contributed by atoms with Crippen LogP contribution in [0.4, 0.5) is 0 Å². The van der Waals surface area contributed by atoms with Crippen LogP contribution in [0.1, 0.15) is 0 Å². The van der Waals surface area contributed by atoms with Gasteiger partial charge in [-0.1, -0.05) is 237 Å². The van der Waals surface area contributed by atoms with E-state index in [9.17, 15) is 0 Å². The van der Waals surface area contributed by atoms with Crippen LogP contribution in [0.5, 0.6) is 0 Å². The van der Waals surface area contributed by atoms with Crippen LogP contribution in [0.25, 0.3) is 154 Å². The molecule has 0 aliphatic carbocycles. The summed E-state index contributed by atoms with van der Waals surface area (Å²) >= 11 is 0. The highest BCUT2D eigenvalue weighted by Gasteiger charge is 2.24. The van der Waals surface area contributed by atoms with Crippen molar-refractivity contribution in [2.24, 2.45) is 0 Å². The third-order valence-electron chi connectivity index (χ3n) is 15.9. The molecule has 3 heterocycles. The van der Waals surface area contributed by atoms with Gasteiger partial charge in [0.05, 0.1) is 22.1 Å². The molecule has 0 saturated heterocycles. The normalized spacial score (nSPS) is 11.8. The lowest BCUT2D eigenvalue weighted by molar-refractivity contribution is 0.953. The van der Waals surface area contributed by atoms with E-state index in [1.807, 2.05) is 18.2 Å². The van der Waals surface area contributed by atoms with Crippen molar-refractivity contribution in [3.05, 3.63) is 273 Å². The highest BCUT2D eigenvalue weighted by Crippen LogP contribution is 2.46. The number of aromatic nitrogens is 5. The second-order valence-electron chi connectivity index (χ2n) is 20.2. The van der Waals surface area contributed by atoms with Crippen LogP contribution in [0, 0.1) is 0 Å². The van der Waals surface area contributed by atoms with Gasteiger partial charge in [-0.15, -0.1) is 0 Å². The van der Waals surface area contributed by atoms with E-state index in [1.165, 1.54) is 76.3 Å². The summed E-state index contributed by atoms with van der Waals surface area (Å²) in [6.07, 6.45) is 0. The molecule has 0 bridgehead atoms. The predicted octanol–water partition coefficient (Wildman–Crippen LogP) is 19.0. The van der Waals surface area contributed by atoms with Gasteiger partial charge in [0.25, 0.3) is 0 Å². The molecular weight excluding hydrogens is 947 g/mol. The van der Waals surface area contributed by atoms with E-state index in [0.717, 1.165) is 60.6 Å². The van der Waals surface area contributed by atoms with E-state index in [0.29, 0.717) is 17.6 Å². The Hall–Kier alpha value is -10.5. The molecule has 5 heteroatoms. The molecule has 3 aromatic heterocycles. The summed E-state index contributed by atoms with van der Waals surface area (Å²) in [4.78, 5) is 16.1. The van der Waals surface area contributed by atoms with Crippen LogP contribution in [0.2, 0.25) is 0 Å². The summed E-state index contributed by atoms with van der Waals surface area (Å²) in [6, 6.07) is 98.3. The zero-order valence-electron chi connectivity index (χ0n) is 42.2. The Bertz CT molecular complexity index is 5000. The predicted molar refractivity (Wildman–Crippen MR) is 326 cm³/mol. The van der Waals surface area contributed by atoms with Gasteiger partial charge in [-0.2, -0.15) is 9.97 Å². The zero-order chi connectivity index (χ0) is 51.3. The maximum atomic E-state index is 5.45. The molecular formula is C73H45N5. The maximum Gasteiger partial charge on any atom is 0.238 e. The molecule has 0 radical (unpaired) electrons. The number of hydrogen-bond donors (Lipinski definition) is 0. The van der Waals surface area contributed by atoms with E-state index in [4.69, 9.17) is 15.0 Å². The summed E-state index contributed by atoms with van der Waals surface area (Å²) in [5.41, 5.74) is 14.4. The van der Waals surface area contributed by atoms with Crippen molar-refractivity contribution in [2.75, 3.05) is 0 Å². The van der Waals surface area contributed by atoms with E-state index < -0.39 is 0 Å². The van der Waals surface area contributed by atoms with Crippen LogP contribution >= 0.6 is 0 Å². The van der Waals surface area contributed by atoms with Gasteiger partial charge in [0.1, 0.15) is 0 Å². The molecule has 0 unspecified atom stereocenters. The minimum Gasteiger partial charge on any atom is -0.307 e. The van der Waals surface area contributed by atoms with Gasteiger partial charge in [0.2, 0.25) is 5.95 Å². The molecule has 0 atom stereocenters. The molecule has 0 amide bonds. The summed E-state index contributed by atoms with van der Waals surface area (Å²) in [5, 5.41) is 14.4. The number of benzene rings is 13. The highest BCUT2D eigenvalue weighted by atomic mass is 15.2. The second kappa shape index (κ2) is 17.6. The Labute approximate surface area is 449 Å². The second-order valence-corrected chi connectivity index (χ2v) is 20.2. The molecule has 0 aliphatic rings. The van der Waals surface area contributed by atoms with E-state index in [-0.39, 0.29) is 0 Å². The minimum absolute atomic E-state index is 0.555. The average molecular weight is 992 g/mol. The fourth-order valence-corrected chi connectivity index (χ4v) is 12.5. The van der Waals surface area contributed by atoms with E-state index in [1.54, 1.807) is 0 Å². The van der Waals surface area contributed by atoms with Crippen molar-refractivity contribution in [2.45, 2.75) is 0 Å². The molecule has 0 aliphatic heterocycles. The van der Waals surface area contributed by atoms with Crippen molar-refractivity contribution >= 4 is 86.7 Å². The van der Waals surface area contributed by atoms with Gasteiger partial charge >= 0.3 is 0 Å². The average Bonchev–Trinajstić information content (AvgIpc) is 4.09.